The van der Waals surface area contributed by atoms with Crippen molar-refractivity contribution in [2.75, 3.05) is 26.2 Å². The fourth-order valence-electron chi connectivity index (χ4n) is 10.3. The molecule has 6 heteroatoms. The van der Waals surface area contributed by atoms with E-state index in [4.69, 9.17) is 4.98 Å². The van der Waals surface area contributed by atoms with Gasteiger partial charge in [-0.15, -0.1) is 0 Å². The molecule has 3 bridgehead atoms. The number of fused-ring (bicyclic) bond motifs is 5. The third-order valence-corrected chi connectivity index (χ3v) is 12.0. The number of phenolic OH excluding ortho intramolecular Hbond substituents is 1. The van der Waals surface area contributed by atoms with E-state index in [0.29, 0.717) is 12.0 Å². The molecule has 0 saturated carbocycles. The first kappa shape index (κ1) is 27.2. The number of allylic oxidation sites excluding steroid dienone is 1. The van der Waals surface area contributed by atoms with Gasteiger partial charge in [0.05, 0.1) is 22.3 Å². The zero-order chi connectivity index (χ0) is 28.3. The predicted molar refractivity (Wildman–Crippen MR) is 169 cm³/mol. The van der Waals surface area contributed by atoms with Gasteiger partial charge in [-0.25, -0.2) is 0 Å². The van der Waals surface area contributed by atoms with Crippen LogP contribution < -0.4 is 0 Å². The van der Waals surface area contributed by atoms with Crippen LogP contribution in [-0.4, -0.2) is 73.8 Å². The van der Waals surface area contributed by atoms with Gasteiger partial charge in [-0.05, 0) is 87.9 Å². The molecular formula is C36H48N4O2. The molecule has 1 unspecified atom stereocenters. The number of H-pyrrole nitrogens is 1. The Labute approximate surface area is 250 Å². The minimum atomic E-state index is -0.866. The zero-order valence-electron chi connectivity index (χ0n) is 25.2. The average molecular weight is 569 g/mol. The maximum atomic E-state index is 13.1. The summed E-state index contributed by atoms with van der Waals surface area (Å²) in [4.78, 5) is 14.3. The number of aromatic nitrogens is 2. The summed E-state index contributed by atoms with van der Waals surface area (Å²) >= 11 is 0. The Kier molecular flexibility index (Phi) is 6.88. The number of aliphatic hydroxyl groups is 1. The van der Waals surface area contributed by atoms with Gasteiger partial charge in [0.15, 0.2) is 0 Å². The molecule has 1 spiro atoms. The molecule has 4 fully saturated rings. The number of pyridine rings is 1. The highest BCUT2D eigenvalue weighted by Crippen LogP contribution is 2.62. The van der Waals surface area contributed by atoms with Gasteiger partial charge in [0.25, 0.3) is 0 Å². The average Bonchev–Trinajstić information content (AvgIpc) is 3.50. The summed E-state index contributed by atoms with van der Waals surface area (Å²) in [5, 5.41) is 26.0. The number of aromatic amines is 1. The standard InChI is InChI=1S/C36H48N4O2/c41-30-14-11-13-26-27-15-18-37-32(33(27)38-31(26)30)28-23-36(42)17-8-4-1-2-5-9-19-39-21-16-29(28)35(24-39)22-25-12-7-3-6-10-20-40(25)34(35)36/h11,13-15,18,23,25,29,34,38,41-42H,1-10,12,16-17,19-22,24H2/t25-,29-,34+,35-,36-/m1/s1. The Balaban J connectivity index is 1.33. The van der Waals surface area contributed by atoms with Crippen molar-refractivity contribution in [1.29, 1.82) is 0 Å². The van der Waals surface area contributed by atoms with Gasteiger partial charge < -0.3 is 20.1 Å². The molecule has 1 aromatic carbocycles. The van der Waals surface area contributed by atoms with Crippen LogP contribution in [0.3, 0.4) is 0 Å². The largest absolute Gasteiger partial charge is 0.506 e. The summed E-state index contributed by atoms with van der Waals surface area (Å²) in [6, 6.07) is 8.58. The Morgan fingerprint density at radius 1 is 0.833 bits per heavy atom. The van der Waals surface area contributed by atoms with Crippen LogP contribution in [0.2, 0.25) is 0 Å². The van der Waals surface area contributed by atoms with Crippen molar-refractivity contribution in [3.63, 3.8) is 0 Å². The van der Waals surface area contributed by atoms with Crippen molar-refractivity contribution in [1.82, 2.24) is 19.8 Å². The topological polar surface area (TPSA) is 75.6 Å². The number of piperidine rings is 1. The summed E-state index contributed by atoms with van der Waals surface area (Å²) in [5.74, 6) is 0.648. The monoisotopic (exact) mass is 568 g/mol. The van der Waals surface area contributed by atoms with Crippen molar-refractivity contribution in [3.8, 4) is 5.75 Å². The minimum absolute atomic E-state index is 0.0259. The van der Waals surface area contributed by atoms with Gasteiger partial charge in [-0.3, -0.25) is 9.88 Å². The van der Waals surface area contributed by atoms with Crippen LogP contribution in [0.25, 0.3) is 27.4 Å². The van der Waals surface area contributed by atoms with E-state index in [0.717, 1.165) is 66.4 Å². The molecule has 5 aliphatic rings. The SMILES string of the molecule is Oc1cccc2c1[nH]c1c(C3=C[C@]4(O)CCCCCCCCN5CC[C@H]3[C@@]3(C[C@H]6CCCCCCN6[C@@H]34)C5)nccc12. The number of nitrogens with one attached hydrogen (secondary N) is 1. The first-order valence-corrected chi connectivity index (χ1v) is 17.1. The molecule has 0 radical (unpaired) electrons. The first-order chi connectivity index (χ1) is 20.6. The lowest BCUT2D eigenvalue weighted by molar-refractivity contribution is -0.0919. The lowest BCUT2D eigenvalue weighted by Gasteiger charge is -2.58. The minimum Gasteiger partial charge on any atom is -0.506 e. The van der Waals surface area contributed by atoms with Crippen LogP contribution in [0.4, 0.5) is 0 Å². The van der Waals surface area contributed by atoms with Crippen LogP contribution in [0, 0.1) is 11.3 Å². The van der Waals surface area contributed by atoms with E-state index in [1.165, 1.54) is 82.7 Å². The molecule has 6 heterocycles. The van der Waals surface area contributed by atoms with Gasteiger partial charge in [-0.1, -0.05) is 63.5 Å². The highest BCUT2D eigenvalue weighted by Gasteiger charge is 2.65. The smallest absolute Gasteiger partial charge is 0.139 e. The van der Waals surface area contributed by atoms with Gasteiger partial charge in [0, 0.05) is 41.0 Å². The molecule has 3 N–H and O–H groups in total. The van der Waals surface area contributed by atoms with E-state index < -0.39 is 5.60 Å². The van der Waals surface area contributed by atoms with E-state index in [9.17, 15) is 10.2 Å². The number of rotatable bonds is 1. The van der Waals surface area contributed by atoms with Crippen molar-refractivity contribution in [3.05, 3.63) is 42.2 Å². The van der Waals surface area contributed by atoms with Crippen molar-refractivity contribution >= 4 is 27.4 Å². The van der Waals surface area contributed by atoms with Crippen molar-refractivity contribution in [2.24, 2.45) is 11.3 Å². The summed E-state index contributed by atoms with van der Waals surface area (Å²) in [6.07, 6.45) is 21.4. The van der Waals surface area contributed by atoms with Crippen LogP contribution in [0.15, 0.2) is 36.5 Å². The third kappa shape index (κ3) is 4.27. The first-order valence-electron chi connectivity index (χ1n) is 17.1. The molecule has 3 aromatic rings. The third-order valence-electron chi connectivity index (χ3n) is 12.0. The van der Waals surface area contributed by atoms with Gasteiger partial charge in [-0.2, -0.15) is 0 Å². The molecule has 2 aromatic heterocycles. The Morgan fingerprint density at radius 2 is 1.62 bits per heavy atom. The number of hydrogen-bond acceptors (Lipinski definition) is 5. The highest BCUT2D eigenvalue weighted by molar-refractivity contribution is 6.11. The van der Waals surface area contributed by atoms with Crippen molar-refractivity contribution < 1.29 is 10.2 Å². The molecular weight excluding hydrogens is 520 g/mol. The highest BCUT2D eigenvalue weighted by atomic mass is 16.3. The number of hydrogen-bond donors (Lipinski definition) is 3. The van der Waals surface area contributed by atoms with Gasteiger partial charge in [0.1, 0.15) is 5.75 Å². The van der Waals surface area contributed by atoms with Crippen molar-refractivity contribution in [2.45, 2.75) is 108 Å². The maximum Gasteiger partial charge on any atom is 0.139 e. The Hall–Kier alpha value is -2.41. The molecule has 4 aliphatic heterocycles. The summed E-state index contributed by atoms with van der Waals surface area (Å²) in [5.41, 5.74) is 3.19. The molecule has 1 aliphatic carbocycles. The molecule has 42 heavy (non-hydrogen) atoms. The van der Waals surface area contributed by atoms with E-state index >= 15 is 0 Å². The number of aromatic hydroxyl groups is 1. The van der Waals surface area contributed by atoms with Crippen LogP contribution >= 0.6 is 0 Å². The maximum absolute atomic E-state index is 13.1. The number of nitrogens with zero attached hydrogens (tertiary/aromatic N) is 3. The molecule has 8 rings (SSSR count). The number of phenols is 1. The van der Waals surface area contributed by atoms with Gasteiger partial charge >= 0.3 is 0 Å². The van der Waals surface area contributed by atoms with Crippen LogP contribution in [0.1, 0.15) is 95.6 Å². The molecule has 6 atom stereocenters. The zero-order valence-corrected chi connectivity index (χ0v) is 25.2. The van der Waals surface area contributed by atoms with Gasteiger partial charge in [0.2, 0.25) is 0 Å². The predicted octanol–water partition coefficient (Wildman–Crippen LogP) is 7.01. The Bertz CT molecular complexity index is 1500. The summed E-state index contributed by atoms with van der Waals surface area (Å²) in [7, 11) is 0. The quantitative estimate of drug-likeness (QED) is 0.294. The summed E-state index contributed by atoms with van der Waals surface area (Å²) in [6.45, 7) is 4.55. The lowest BCUT2D eigenvalue weighted by atomic mass is 9.54. The lowest BCUT2D eigenvalue weighted by Crippen LogP contribution is -2.65. The second-order valence-corrected chi connectivity index (χ2v) is 14.4. The fourth-order valence-corrected chi connectivity index (χ4v) is 10.3. The molecule has 6 nitrogen and oxygen atoms in total. The number of para-hydroxylation sites is 1. The van der Waals surface area contributed by atoms with E-state index in [-0.39, 0.29) is 17.2 Å². The second kappa shape index (κ2) is 10.6. The van der Waals surface area contributed by atoms with Crippen LogP contribution in [0.5, 0.6) is 5.75 Å². The fraction of sp³-hybridized carbons (Fsp3) is 0.639. The van der Waals surface area contributed by atoms with E-state index in [1.54, 1.807) is 6.07 Å². The summed E-state index contributed by atoms with van der Waals surface area (Å²) < 4.78 is 0. The van der Waals surface area contributed by atoms with E-state index in [2.05, 4.69) is 33.0 Å². The normalized spacial score (nSPS) is 36.3. The van der Waals surface area contributed by atoms with E-state index in [1.807, 2.05) is 12.3 Å². The molecule has 224 valence electrons. The molecule has 0 amide bonds. The van der Waals surface area contributed by atoms with Crippen LogP contribution in [-0.2, 0) is 0 Å². The Morgan fingerprint density at radius 3 is 2.52 bits per heavy atom. The molecule has 4 saturated heterocycles. The number of benzene rings is 1. The second-order valence-electron chi connectivity index (χ2n) is 14.4.